The number of pyridine rings is 1. The lowest BCUT2D eigenvalue weighted by molar-refractivity contribution is 0.0460. The summed E-state index contributed by atoms with van der Waals surface area (Å²) >= 11 is 0. The normalized spacial score (nSPS) is 11.4. The summed E-state index contributed by atoms with van der Waals surface area (Å²) in [4.78, 5) is 49.5. The molecule has 0 spiro atoms. The van der Waals surface area contributed by atoms with Crippen LogP contribution in [0.25, 0.3) is 22.1 Å². The van der Waals surface area contributed by atoms with Crippen molar-refractivity contribution < 1.29 is 9.53 Å². The number of unbranched alkanes of at least 4 members (excludes halogenated alkanes) is 1. The van der Waals surface area contributed by atoms with Crippen LogP contribution in [0.4, 0.5) is 0 Å². The number of esters is 1. The van der Waals surface area contributed by atoms with Crippen molar-refractivity contribution in [2.45, 2.75) is 59.7 Å². The van der Waals surface area contributed by atoms with Gasteiger partial charge in [0.05, 0.1) is 11.1 Å². The fourth-order valence-electron chi connectivity index (χ4n) is 4.00. The molecule has 4 aromatic rings. The maximum absolute atomic E-state index is 13.0. The zero-order chi connectivity index (χ0) is 23.5. The van der Waals surface area contributed by atoms with Crippen LogP contribution in [0.3, 0.4) is 0 Å². The molecule has 0 bridgehead atoms. The number of fused-ring (bicyclic) bond motifs is 2. The predicted octanol–water partition coefficient (Wildman–Crippen LogP) is 3.31. The van der Waals surface area contributed by atoms with Gasteiger partial charge in [0.1, 0.15) is 12.4 Å². The highest BCUT2D eigenvalue weighted by Gasteiger charge is 2.20. The van der Waals surface area contributed by atoms with Gasteiger partial charge in [-0.3, -0.25) is 19.3 Å². The first-order chi connectivity index (χ1) is 15.9. The number of carbonyl (C=O) groups is 1. The smallest absolute Gasteiger partial charge is 0.339 e. The Morgan fingerprint density at radius 2 is 1.85 bits per heavy atom. The summed E-state index contributed by atoms with van der Waals surface area (Å²) in [5.74, 6) is -0.0688. The van der Waals surface area contributed by atoms with Gasteiger partial charge in [0.25, 0.3) is 5.56 Å². The Bertz CT molecular complexity index is 1450. The Kier molecular flexibility index (Phi) is 6.39. The summed E-state index contributed by atoms with van der Waals surface area (Å²) in [5, 5.41) is 0.708. The number of aromatic nitrogens is 5. The number of carbonyl (C=O) groups excluding carboxylic acids is 1. The number of H-pyrrole nitrogens is 1. The van der Waals surface area contributed by atoms with Gasteiger partial charge in [-0.05, 0) is 31.9 Å². The number of nitrogens with zero attached hydrogens (tertiary/aromatic N) is 4. The molecule has 0 amide bonds. The largest absolute Gasteiger partial charge is 0.454 e. The van der Waals surface area contributed by atoms with Crippen LogP contribution in [0, 0.1) is 6.92 Å². The van der Waals surface area contributed by atoms with E-state index in [-0.39, 0.29) is 6.61 Å². The summed E-state index contributed by atoms with van der Waals surface area (Å²) < 4.78 is 8.85. The SMILES string of the molecule is CCCCn1c(=O)[nH]c(=O)c2c1nc(COC(=O)c1cc(C)nc3ccccc13)n2CCC. The van der Waals surface area contributed by atoms with Gasteiger partial charge in [0.15, 0.2) is 11.2 Å². The Labute approximate surface area is 190 Å². The molecule has 3 aromatic heterocycles. The van der Waals surface area contributed by atoms with Crippen molar-refractivity contribution in [2.75, 3.05) is 0 Å². The van der Waals surface area contributed by atoms with Crippen LogP contribution in [0.5, 0.6) is 0 Å². The second-order valence-electron chi connectivity index (χ2n) is 8.02. The average Bonchev–Trinajstić information content (AvgIpc) is 3.15. The molecule has 0 aliphatic heterocycles. The van der Waals surface area contributed by atoms with Gasteiger partial charge in [-0.1, -0.05) is 38.5 Å². The quantitative estimate of drug-likeness (QED) is 0.413. The van der Waals surface area contributed by atoms with E-state index in [4.69, 9.17) is 4.74 Å². The van der Waals surface area contributed by atoms with Crippen LogP contribution >= 0.6 is 0 Å². The number of benzene rings is 1. The minimum Gasteiger partial charge on any atom is -0.454 e. The Balaban J connectivity index is 1.73. The van der Waals surface area contributed by atoms with Crippen molar-refractivity contribution >= 4 is 28.0 Å². The topological polar surface area (TPSA) is 112 Å². The van der Waals surface area contributed by atoms with E-state index in [9.17, 15) is 14.4 Å². The number of aromatic amines is 1. The molecule has 3 heterocycles. The number of hydrogen-bond donors (Lipinski definition) is 1. The molecule has 0 aliphatic carbocycles. The number of aryl methyl sites for hydroxylation is 3. The van der Waals surface area contributed by atoms with E-state index in [0.29, 0.717) is 52.2 Å². The minimum atomic E-state index is -0.496. The third-order valence-corrected chi connectivity index (χ3v) is 5.54. The van der Waals surface area contributed by atoms with Gasteiger partial charge in [-0.2, -0.15) is 0 Å². The third kappa shape index (κ3) is 4.30. The van der Waals surface area contributed by atoms with E-state index < -0.39 is 17.2 Å². The molecule has 0 fully saturated rings. The number of rotatable bonds is 8. The van der Waals surface area contributed by atoms with E-state index in [1.807, 2.05) is 45.0 Å². The number of ether oxygens (including phenoxy) is 1. The van der Waals surface area contributed by atoms with Crippen LogP contribution in [0.1, 0.15) is 55.0 Å². The summed E-state index contributed by atoms with van der Waals surface area (Å²) in [6.45, 7) is 6.67. The van der Waals surface area contributed by atoms with Gasteiger partial charge in [-0.15, -0.1) is 0 Å². The Morgan fingerprint density at radius 3 is 2.61 bits per heavy atom. The van der Waals surface area contributed by atoms with E-state index in [2.05, 4.69) is 15.0 Å². The highest BCUT2D eigenvalue weighted by molar-refractivity contribution is 6.03. The van der Waals surface area contributed by atoms with Crippen molar-refractivity contribution in [1.29, 1.82) is 0 Å². The van der Waals surface area contributed by atoms with E-state index >= 15 is 0 Å². The van der Waals surface area contributed by atoms with Gasteiger partial charge >= 0.3 is 11.7 Å². The second kappa shape index (κ2) is 9.40. The highest BCUT2D eigenvalue weighted by atomic mass is 16.5. The summed E-state index contributed by atoms with van der Waals surface area (Å²) in [6, 6.07) is 9.09. The van der Waals surface area contributed by atoms with Crippen LogP contribution in [-0.4, -0.2) is 30.1 Å². The highest BCUT2D eigenvalue weighted by Crippen LogP contribution is 2.20. The number of nitrogens with one attached hydrogen (secondary N) is 1. The van der Waals surface area contributed by atoms with E-state index in [0.717, 1.165) is 19.3 Å². The molecule has 4 rings (SSSR count). The van der Waals surface area contributed by atoms with Crippen molar-refractivity contribution in [1.82, 2.24) is 24.1 Å². The zero-order valence-corrected chi connectivity index (χ0v) is 19.1. The van der Waals surface area contributed by atoms with Crippen LogP contribution in [0.15, 0.2) is 39.9 Å². The summed E-state index contributed by atoms with van der Waals surface area (Å²) in [6.07, 6.45) is 2.42. The van der Waals surface area contributed by atoms with Gasteiger partial charge in [0.2, 0.25) is 0 Å². The number of para-hydroxylation sites is 1. The van der Waals surface area contributed by atoms with Gasteiger partial charge in [-0.25, -0.2) is 14.6 Å². The molecule has 33 heavy (non-hydrogen) atoms. The third-order valence-electron chi connectivity index (χ3n) is 5.54. The van der Waals surface area contributed by atoms with E-state index in [1.54, 1.807) is 10.6 Å². The molecular formula is C24H27N5O4. The molecule has 1 aromatic carbocycles. The molecule has 0 atom stereocenters. The van der Waals surface area contributed by atoms with E-state index in [1.165, 1.54) is 4.57 Å². The Hall–Kier alpha value is -3.75. The number of imidazole rings is 1. The van der Waals surface area contributed by atoms with Crippen LogP contribution < -0.4 is 11.2 Å². The lowest BCUT2D eigenvalue weighted by Crippen LogP contribution is -2.31. The second-order valence-corrected chi connectivity index (χ2v) is 8.02. The molecular weight excluding hydrogens is 422 g/mol. The standard InChI is InChI=1S/C24H27N5O4/c1-4-6-12-29-21-20(22(30)27-24(29)32)28(11-5-2)19(26-21)14-33-23(31)17-13-15(3)25-18-10-8-7-9-16(17)18/h7-10,13H,4-6,11-12,14H2,1-3H3,(H,27,30,32). The van der Waals surface area contributed by atoms with Crippen molar-refractivity contribution in [3.8, 4) is 0 Å². The van der Waals surface area contributed by atoms with Crippen molar-refractivity contribution in [3.05, 3.63) is 68.3 Å². The molecule has 9 nitrogen and oxygen atoms in total. The maximum atomic E-state index is 13.0. The fourth-order valence-corrected chi connectivity index (χ4v) is 4.00. The molecule has 1 N–H and O–H groups in total. The summed E-state index contributed by atoms with van der Waals surface area (Å²) in [5.41, 5.74) is 1.53. The van der Waals surface area contributed by atoms with Crippen LogP contribution in [-0.2, 0) is 24.4 Å². The zero-order valence-electron chi connectivity index (χ0n) is 19.1. The predicted molar refractivity (Wildman–Crippen MR) is 125 cm³/mol. The van der Waals surface area contributed by atoms with Gasteiger partial charge < -0.3 is 9.30 Å². The first kappa shape index (κ1) is 22.4. The lowest BCUT2D eigenvalue weighted by Gasteiger charge is -2.10. The monoisotopic (exact) mass is 449 g/mol. The maximum Gasteiger partial charge on any atom is 0.339 e. The average molecular weight is 450 g/mol. The first-order valence-electron chi connectivity index (χ1n) is 11.2. The van der Waals surface area contributed by atoms with Crippen molar-refractivity contribution in [2.24, 2.45) is 0 Å². The lowest BCUT2D eigenvalue weighted by atomic mass is 10.1. The molecule has 0 radical (unpaired) electrons. The molecule has 0 unspecified atom stereocenters. The molecule has 0 aliphatic rings. The summed E-state index contributed by atoms with van der Waals surface area (Å²) in [7, 11) is 0. The van der Waals surface area contributed by atoms with Crippen LogP contribution in [0.2, 0.25) is 0 Å². The first-order valence-corrected chi connectivity index (χ1v) is 11.2. The molecule has 0 saturated carbocycles. The minimum absolute atomic E-state index is 0.120. The van der Waals surface area contributed by atoms with Crippen molar-refractivity contribution in [3.63, 3.8) is 0 Å². The Morgan fingerprint density at radius 1 is 1.06 bits per heavy atom. The fraction of sp³-hybridized carbons (Fsp3) is 0.375. The molecule has 0 saturated heterocycles. The van der Waals surface area contributed by atoms with Gasteiger partial charge in [0, 0.05) is 24.2 Å². The number of hydrogen-bond acceptors (Lipinski definition) is 6. The molecule has 9 heteroatoms. The molecule has 172 valence electrons.